The molecule has 0 aromatic carbocycles. The average molecular weight is 135 g/mol. The molecule has 0 saturated heterocycles. The number of hydrogen-bond acceptors (Lipinski definition) is 2. The van der Waals surface area contributed by atoms with E-state index >= 15 is 0 Å². The fourth-order valence-electron chi connectivity index (χ4n) is 0.709. The summed E-state index contributed by atoms with van der Waals surface area (Å²) in [7, 11) is 1.61. The lowest BCUT2D eigenvalue weighted by Crippen LogP contribution is -1.93. The molecule has 0 amide bonds. The Morgan fingerprint density at radius 3 is 3.10 bits per heavy atom. The quantitative estimate of drug-likeness (QED) is 0.487. The molecule has 0 aliphatic carbocycles. The van der Waals surface area contributed by atoms with Crippen LogP contribution in [0.15, 0.2) is 11.6 Å². The Hall–Kier alpha value is -1.36. The molecule has 0 radical (unpaired) electrons. The molecule has 1 aliphatic heterocycles. The fourth-order valence-corrected chi connectivity index (χ4v) is 0.709. The Bertz CT molecular complexity index is 264. The largest absolute Gasteiger partial charge is 0.403 e. The topological polar surface area (TPSA) is 47.1 Å². The zero-order valence-corrected chi connectivity index (χ0v) is 5.66. The van der Waals surface area contributed by atoms with E-state index in [9.17, 15) is 0 Å². The molecule has 0 saturated carbocycles. The Morgan fingerprint density at radius 2 is 2.60 bits per heavy atom. The minimum Gasteiger partial charge on any atom is -0.380 e. The van der Waals surface area contributed by atoms with Crippen LogP contribution in [0.25, 0.3) is 0 Å². The molecule has 1 aliphatic rings. The van der Waals surface area contributed by atoms with Crippen LogP contribution in [0.5, 0.6) is 0 Å². The molecule has 0 N–H and O–H groups in total. The summed E-state index contributed by atoms with van der Waals surface area (Å²) in [5, 5.41) is 8.37. The van der Waals surface area contributed by atoms with Gasteiger partial charge in [0.25, 0.3) is 6.21 Å². The van der Waals surface area contributed by atoms with Crippen LogP contribution in [0.3, 0.4) is 0 Å². The number of ether oxygens (including phenoxy) is 1. The maximum atomic E-state index is 8.37. The van der Waals surface area contributed by atoms with Crippen molar-refractivity contribution in [1.82, 2.24) is 4.67 Å². The van der Waals surface area contributed by atoms with Crippen molar-refractivity contribution < 1.29 is 4.74 Å². The third-order valence-electron chi connectivity index (χ3n) is 1.12. The van der Waals surface area contributed by atoms with Gasteiger partial charge in [0, 0.05) is 7.11 Å². The van der Waals surface area contributed by atoms with Crippen LogP contribution in [0.1, 0.15) is 0 Å². The van der Waals surface area contributed by atoms with Gasteiger partial charge in [-0.2, -0.15) is 5.26 Å². The smallest absolute Gasteiger partial charge is 0.380 e. The normalized spacial score (nSPS) is 14.4. The van der Waals surface area contributed by atoms with Crippen molar-refractivity contribution in [2.24, 2.45) is 0 Å². The van der Waals surface area contributed by atoms with Gasteiger partial charge >= 0.3 is 5.71 Å². The highest BCUT2D eigenvalue weighted by Crippen LogP contribution is 1.93. The fraction of sp³-hybridized carbons (Fsp3) is 0.286. The number of hydrogen-bond donors (Lipinski definition) is 0. The molecule has 0 aromatic heterocycles. The van der Waals surface area contributed by atoms with E-state index in [2.05, 4.69) is 4.67 Å². The lowest BCUT2D eigenvalue weighted by Gasteiger charge is -1.87. The highest BCUT2D eigenvalue weighted by molar-refractivity contribution is 6.13. The van der Waals surface area contributed by atoms with E-state index in [4.69, 9.17) is 10.00 Å². The lowest BCUT2D eigenvalue weighted by atomic mass is 10.3. The zero-order valence-electron chi connectivity index (χ0n) is 5.66. The second-order valence-electron chi connectivity index (χ2n) is 1.91. The van der Waals surface area contributed by atoms with Crippen LogP contribution in [-0.2, 0) is 4.74 Å². The molecule has 0 atom stereocenters. The maximum Gasteiger partial charge on any atom is 0.403 e. The van der Waals surface area contributed by atoms with E-state index in [1.165, 1.54) is 0 Å². The van der Waals surface area contributed by atoms with Gasteiger partial charge in [-0.05, 0) is 0 Å². The van der Waals surface area contributed by atoms with Gasteiger partial charge in [-0.25, -0.2) is 0 Å². The van der Waals surface area contributed by atoms with Crippen LogP contribution in [0, 0.1) is 11.3 Å². The van der Waals surface area contributed by atoms with Crippen molar-refractivity contribution in [3.05, 3.63) is 11.6 Å². The second-order valence-corrected chi connectivity index (χ2v) is 1.91. The first-order valence-corrected chi connectivity index (χ1v) is 2.87. The van der Waals surface area contributed by atoms with E-state index in [0.29, 0.717) is 12.3 Å². The van der Waals surface area contributed by atoms with Crippen molar-refractivity contribution in [2.45, 2.75) is 0 Å². The van der Waals surface area contributed by atoms with Crippen LogP contribution in [0.2, 0.25) is 0 Å². The summed E-state index contributed by atoms with van der Waals surface area (Å²) in [5.74, 6) is 0. The Kier molecular flexibility index (Phi) is 2.01. The van der Waals surface area contributed by atoms with Gasteiger partial charge in [0.15, 0.2) is 6.07 Å². The van der Waals surface area contributed by atoms with E-state index in [0.717, 1.165) is 5.57 Å². The molecular formula is C7H7N2O+. The summed E-state index contributed by atoms with van der Waals surface area (Å²) in [4.78, 5) is 0. The van der Waals surface area contributed by atoms with Crippen molar-refractivity contribution in [3.8, 4) is 6.07 Å². The monoisotopic (exact) mass is 135 g/mol. The van der Waals surface area contributed by atoms with Gasteiger partial charge in [-0.1, -0.05) is 4.67 Å². The summed E-state index contributed by atoms with van der Waals surface area (Å²) < 4.78 is 8.65. The highest BCUT2D eigenvalue weighted by Gasteiger charge is 2.13. The number of nitriles is 1. The van der Waals surface area contributed by atoms with Gasteiger partial charge in [-0.3, -0.25) is 0 Å². The van der Waals surface area contributed by atoms with Gasteiger partial charge in [-0.15, -0.1) is 0 Å². The predicted octanol–water partition coefficient (Wildman–Crippen LogP) is -0.325. The molecule has 0 bridgehead atoms. The van der Waals surface area contributed by atoms with Gasteiger partial charge in [0.1, 0.15) is 0 Å². The molecule has 1 rings (SSSR count). The van der Waals surface area contributed by atoms with Crippen LogP contribution in [0.4, 0.5) is 0 Å². The molecular weight excluding hydrogens is 128 g/mol. The predicted molar refractivity (Wildman–Crippen MR) is 38.8 cm³/mol. The van der Waals surface area contributed by atoms with Crippen molar-refractivity contribution in [1.29, 1.82) is 5.26 Å². The SMILES string of the molecule is COCC1=CC(C#N)=[N+]=C1. The van der Waals surface area contributed by atoms with Crippen LogP contribution < -0.4 is 4.67 Å². The molecule has 0 aromatic rings. The van der Waals surface area contributed by atoms with E-state index in [-0.39, 0.29) is 0 Å². The Morgan fingerprint density at radius 1 is 1.80 bits per heavy atom. The molecule has 3 heteroatoms. The summed E-state index contributed by atoms with van der Waals surface area (Å²) in [6.45, 7) is 0.522. The first kappa shape index (κ1) is 6.76. The number of methoxy groups -OCH3 is 1. The van der Waals surface area contributed by atoms with Crippen molar-refractivity contribution >= 4 is 11.9 Å². The molecule has 0 unspecified atom stereocenters. The molecule has 0 fully saturated rings. The van der Waals surface area contributed by atoms with E-state index in [1.807, 2.05) is 6.07 Å². The summed E-state index contributed by atoms with van der Waals surface area (Å²) in [6, 6.07) is 1.94. The third-order valence-corrected chi connectivity index (χ3v) is 1.12. The minimum atomic E-state index is 0.451. The van der Waals surface area contributed by atoms with Gasteiger partial charge in [0.05, 0.1) is 18.3 Å². The summed E-state index contributed by atoms with van der Waals surface area (Å²) in [5.41, 5.74) is 1.39. The standard InChI is InChI=1S/C7H7N2O/c1-10-5-6-2-7(3-8)9-4-6/h2,4H,5H2,1H3/q+1. The average Bonchev–Trinajstić information content (AvgIpc) is 2.37. The van der Waals surface area contributed by atoms with Crippen molar-refractivity contribution in [2.75, 3.05) is 13.7 Å². The first-order valence-electron chi connectivity index (χ1n) is 2.87. The van der Waals surface area contributed by atoms with Crippen LogP contribution >= 0.6 is 0 Å². The number of rotatable bonds is 2. The van der Waals surface area contributed by atoms with Gasteiger partial charge < -0.3 is 4.74 Å². The van der Waals surface area contributed by atoms with Crippen LogP contribution in [-0.4, -0.2) is 25.6 Å². The highest BCUT2D eigenvalue weighted by atomic mass is 16.5. The maximum absolute atomic E-state index is 8.37. The molecule has 50 valence electrons. The second kappa shape index (κ2) is 2.98. The molecule has 3 nitrogen and oxygen atoms in total. The molecule has 0 spiro atoms. The third kappa shape index (κ3) is 1.32. The summed E-state index contributed by atoms with van der Waals surface area (Å²) in [6.07, 6.45) is 3.35. The summed E-state index contributed by atoms with van der Waals surface area (Å²) >= 11 is 0. The van der Waals surface area contributed by atoms with Crippen molar-refractivity contribution in [3.63, 3.8) is 0 Å². The lowest BCUT2D eigenvalue weighted by molar-refractivity contribution is 0.230. The van der Waals surface area contributed by atoms with Gasteiger partial charge in [0.2, 0.25) is 0 Å². The zero-order chi connectivity index (χ0) is 7.40. The van der Waals surface area contributed by atoms with E-state index in [1.54, 1.807) is 19.4 Å². The van der Waals surface area contributed by atoms with E-state index < -0.39 is 0 Å². The molecule has 1 heterocycles. The Labute approximate surface area is 59.0 Å². The minimum absolute atomic E-state index is 0.451. The molecule has 10 heavy (non-hydrogen) atoms. The number of nitrogens with zero attached hydrogens (tertiary/aromatic N) is 2. The number of allylic oxidation sites excluding steroid dienone is 1. The Balaban J connectivity index is 2.62. The first-order chi connectivity index (χ1) is 4.86.